The molecule has 4 heterocycles. The Labute approximate surface area is 245 Å². The molecule has 4 aromatic rings. The van der Waals surface area contributed by atoms with E-state index < -0.39 is 5.97 Å². The van der Waals surface area contributed by atoms with E-state index >= 15 is 0 Å². The third kappa shape index (κ3) is 5.83. The maximum absolute atomic E-state index is 12.3. The molecular formula is C31H37N7O4. The number of esters is 1. The highest BCUT2D eigenvalue weighted by molar-refractivity contribution is 5.92. The second-order valence-corrected chi connectivity index (χ2v) is 10.7. The quantitative estimate of drug-likeness (QED) is 0.294. The topological polar surface area (TPSA) is 108 Å². The molecule has 2 fully saturated rings. The number of methoxy groups -OCH3 is 2. The SMILES string of the molecule is COC(=O)c1ccccc1Oc1nc(Nc2ccc(N3CCC(N4CCN(C)CC4)CC3)cc2OC)nc2cc[nH]c12. The number of piperidine rings is 1. The molecule has 0 radical (unpaired) electrons. The first-order chi connectivity index (χ1) is 20.5. The molecule has 2 aliphatic rings. The Bertz CT molecular complexity index is 1540. The second kappa shape index (κ2) is 12.3. The minimum absolute atomic E-state index is 0.280. The summed E-state index contributed by atoms with van der Waals surface area (Å²) >= 11 is 0. The van der Waals surface area contributed by atoms with E-state index in [2.05, 4.69) is 54.1 Å². The lowest BCUT2D eigenvalue weighted by atomic mass is 10.0. The van der Waals surface area contributed by atoms with Crippen molar-refractivity contribution in [3.63, 3.8) is 0 Å². The van der Waals surface area contributed by atoms with Crippen LogP contribution in [0, 0.1) is 0 Å². The molecule has 2 saturated heterocycles. The number of nitrogens with one attached hydrogen (secondary N) is 2. The van der Waals surface area contributed by atoms with Gasteiger partial charge in [-0.05, 0) is 50.2 Å². The number of nitrogens with zero attached hydrogens (tertiary/aromatic N) is 5. The normalized spacial score (nSPS) is 16.9. The molecule has 0 spiro atoms. The van der Waals surface area contributed by atoms with E-state index in [4.69, 9.17) is 14.2 Å². The van der Waals surface area contributed by atoms with Crippen LogP contribution in [0.3, 0.4) is 0 Å². The van der Waals surface area contributed by atoms with E-state index in [1.165, 1.54) is 20.0 Å². The third-order valence-electron chi connectivity index (χ3n) is 8.19. The number of benzene rings is 2. The summed E-state index contributed by atoms with van der Waals surface area (Å²) in [4.78, 5) is 32.2. The fourth-order valence-corrected chi connectivity index (χ4v) is 5.76. The number of piperazine rings is 1. The lowest BCUT2D eigenvalue weighted by Gasteiger charge is -2.42. The predicted molar refractivity (Wildman–Crippen MR) is 162 cm³/mol. The van der Waals surface area contributed by atoms with Crippen molar-refractivity contribution in [1.82, 2.24) is 24.8 Å². The van der Waals surface area contributed by atoms with Gasteiger partial charge < -0.3 is 34.3 Å². The van der Waals surface area contributed by atoms with Gasteiger partial charge in [-0.15, -0.1) is 0 Å². The van der Waals surface area contributed by atoms with Gasteiger partial charge in [0.1, 0.15) is 22.6 Å². The lowest BCUT2D eigenvalue weighted by molar-refractivity contribution is 0.0598. The van der Waals surface area contributed by atoms with Crippen LogP contribution in [0.4, 0.5) is 17.3 Å². The average Bonchev–Trinajstić information content (AvgIpc) is 3.51. The van der Waals surface area contributed by atoms with Gasteiger partial charge >= 0.3 is 5.97 Å². The van der Waals surface area contributed by atoms with Gasteiger partial charge in [0.2, 0.25) is 11.8 Å². The fraction of sp³-hybridized carbons (Fsp3) is 0.387. The second-order valence-electron chi connectivity index (χ2n) is 10.7. The molecule has 0 atom stereocenters. The van der Waals surface area contributed by atoms with Crippen molar-refractivity contribution in [2.75, 3.05) is 70.8 Å². The highest BCUT2D eigenvalue weighted by atomic mass is 16.5. The Morgan fingerprint density at radius 1 is 0.952 bits per heavy atom. The fourth-order valence-electron chi connectivity index (χ4n) is 5.76. The number of hydrogen-bond donors (Lipinski definition) is 2. The summed E-state index contributed by atoms with van der Waals surface area (Å²) in [5.41, 5.74) is 3.46. The number of fused-ring (bicyclic) bond motifs is 1. The van der Waals surface area contributed by atoms with Crippen LogP contribution in [0.5, 0.6) is 17.4 Å². The van der Waals surface area contributed by atoms with Crippen LogP contribution in [-0.2, 0) is 4.74 Å². The van der Waals surface area contributed by atoms with Crippen LogP contribution in [0.1, 0.15) is 23.2 Å². The third-order valence-corrected chi connectivity index (χ3v) is 8.19. The smallest absolute Gasteiger partial charge is 0.341 e. The van der Waals surface area contributed by atoms with Crippen LogP contribution >= 0.6 is 0 Å². The molecule has 0 bridgehead atoms. The molecule has 2 N–H and O–H groups in total. The number of carbonyl (C=O) groups excluding carboxylic acids is 1. The molecule has 11 nitrogen and oxygen atoms in total. The van der Waals surface area contributed by atoms with Crippen molar-refractivity contribution < 1.29 is 19.0 Å². The van der Waals surface area contributed by atoms with Crippen molar-refractivity contribution in [3.05, 3.63) is 60.3 Å². The molecule has 0 unspecified atom stereocenters. The highest BCUT2D eigenvalue weighted by Crippen LogP contribution is 2.35. The lowest BCUT2D eigenvalue weighted by Crippen LogP contribution is -2.52. The van der Waals surface area contributed by atoms with Gasteiger partial charge in [-0.1, -0.05) is 12.1 Å². The Kier molecular flexibility index (Phi) is 8.11. The molecule has 0 saturated carbocycles. The van der Waals surface area contributed by atoms with Crippen LogP contribution in [0.15, 0.2) is 54.7 Å². The number of anilines is 3. The number of carbonyl (C=O) groups is 1. The van der Waals surface area contributed by atoms with Crippen molar-refractivity contribution >= 4 is 34.3 Å². The Balaban J connectivity index is 1.19. The summed E-state index contributed by atoms with van der Waals surface area (Å²) in [6.45, 7) is 6.68. The first-order valence-corrected chi connectivity index (χ1v) is 14.4. The predicted octanol–water partition coefficient (Wildman–Crippen LogP) is 4.51. The van der Waals surface area contributed by atoms with Gasteiger partial charge in [-0.25, -0.2) is 9.78 Å². The average molecular weight is 572 g/mol. The maximum Gasteiger partial charge on any atom is 0.341 e. The summed E-state index contributed by atoms with van der Waals surface area (Å²) < 4.78 is 16.8. The van der Waals surface area contributed by atoms with Crippen molar-refractivity contribution in [2.45, 2.75) is 18.9 Å². The summed E-state index contributed by atoms with van der Waals surface area (Å²) in [5, 5.41) is 3.30. The number of hydrogen-bond acceptors (Lipinski definition) is 10. The monoisotopic (exact) mass is 571 g/mol. The number of rotatable bonds is 8. The molecule has 2 aliphatic heterocycles. The molecule has 2 aromatic heterocycles. The van der Waals surface area contributed by atoms with Gasteiger partial charge in [0.25, 0.3) is 0 Å². The van der Waals surface area contributed by atoms with Crippen LogP contribution < -0.4 is 19.7 Å². The summed E-state index contributed by atoms with van der Waals surface area (Å²) in [6, 6.07) is 15.6. The summed E-state index contributed by atoms with van der Waals surface area (Å²) in [5.74, 6) is 1.16. The van der Waals surface area contributed by atoms with Gasteiger partial charge in [0.15, 0.2) is 0 Å². The molecule has 0 amide bonds. The van der Waals surface area contributed by atoms with Gasteiger partial charge in [-0.2, -0.15) is 4.98 Å². The van der Waals surface area contributed by atoms with E-state index in [1.54, 1.807) is 37.6 Å². The number of aromatic amines is 1. The molecule has 0 aliphatic carbocycles. The first-order valence-electron chi connectivity index (χ1n) is 14.4. The Morgan fingerprint density at radius 2 is 1.74 bits per heavy atom. The molecule has 220 valence electrons. The van der Waals surface area contributed by atoms with E-state index in [9.17, 15) is 4.79 Å². The molecule has 6 rings (SSSR count). The minimum Gasteiger partial charge on any atom is -0.494 e. The molecule has 2 aromatic carbocycles. The van der Waals surface area contributed by atoms with E-state index in [-0.39, 0.29) is 5.88 Å². The van der Waals surface area contributed by atoms with Crippen LogP contribution in [-0.4, -0.2) is 97.3 Å². The maximum atomic E-state index is 12.3. The number of para-hydroxylation sites is 1. The number of aromatic nitrogens is 3. The van der Waals surface area contributed by atoms with E-state index in [0.29, 0.717) is 40.1 Å². The first kappa shape index (κ1) is 27.8. The highest BCUT2D eigenvalue weighted by Gasteiger charge is 2.27. The van der Waals surface area contributed by atoms with Crippen molar-refractivity contribution in [2.24, 2.45) is 0 Å². The molecule has 11 heteroatoms. The standard InChI is InChI=1S/C31H37N7O4/c1-36-16-18-38(19-17-36)21-11-14-37(15-12-21)22-8-9-24(27(20-22)40-2)33-31-34-25-10-13-32-28(25)29(35-31)42-26-7-5-4-6-23(26)30(39)41-3/h4-10,13,20-21,32H,11-12,14-19H2,1-3H3,(H,33,34,35). The van der Waals surface area contributed by atoms with Crippen molar-refractivity contribution in [3.8, 4) is 17.4 Å². The Morgan fingerprint density at radius 3 is 2.50 bits per heavy atom. The van der Waals surface area contributed by atoms with Crippen LogP contribution in [0.2, 0.25) is 0 Å². The molecular weight excluding hydrogens is 534 g/mol. The van der Waals surface area contributed by atoms with E-state index in [1.807, 2.05) is 12.1 Å². The zero-order valence-corrected chi connectivity index (χ0v) is 24.3. The zero-order valence-electron chi connectivity index (χ0n) is 24.3. The van der Waals surface area contributed by atoms with E-state index in [0.717, 1.165) is 50.6 Å². The van der Waals surface area contributed by atoms with Crippen LogP contribution in [0.25, 0.3) is 11.0 Å². The van der Waals surface area contributed by atoms with Gasteiger partial charge in [0, 0.05) is 63.3 Å². The van der Waals surface area contributed by atoms with Gasteiger partial charge in [0.05, 0.1) is 25.4 Å². The zero-order chi connectivity index (χ0) is 29.1. The molecule has 42 heavy (non-hydrogen) atoms. The minimum atomic E-state index is -0.492. The number of likely N-dealkylation sites (N-methyl/N-ethyl adjacent to an activating group) is 1. The Hall–Kier alpha value is -4.35. The summed E-state index contributed by atoms with van der Waals surface area (Å²) in [7, 11) is 5.21. The van der Waals surface area contributed by atoms with Crippen molar-refractivity contribution in [1.29, 1.82) is 0 Å². The largest absolute Gasteiger partial charge is 0.494 e. The number of H-pyrrole nitrogens is 1. The summed E-state index contributed by atoms with van der Waals surface area (Å²) in [6.07, 6.45) is 4.10. The number of ether oxygens (including phenoxy) is 3. The van der Waals surface area contributed by atoms with Gasteiger partial charge in [-0.3, -0.25) is 4.90 Å².